The second kappa shape index (κ2) is 5.36. The van der Waals surface area contributed by atoms with Gasteiger partial charge >= 0.3 is 0 Å². The Morgan fingerprint density at radius 1 is 1.41 bits per heavy atom. The van der Waals surface area contributed by atoms with Crippen LogP contribution < -0.4 is 5.73 Å². The summed E-state index contributed by atoms with van der Waals surface area (Å²) < 4.78 is 0. The normalized spacial score (nSPS) is 38.4. The highest BCUT2D eigenvalue weighted by atomic mass is 16.3. The Morgan fingerprint density at radius 2 is 2.18 bits per heavy atom. The summed E-state index contributed by atoms with van der Waals surface area (Å²) in [4.78, 5) is 14.3. The molecular weight excluding hydrogens is 216 g/mol. The van der Waals surface area contributed by atoms with Gasteiger partial charge in [-0.15, -0.1) is 0 Å². The standard InChI is InChI=1S/C13H24N2O2/c1-9-2-3-11(14)6-12(9)13(17)15-5-4-10(7-15)8-16/h9-12,16H,2-8,14H2,1H3. The molecule has 1 aliphatic heterocycles. The molecule has 1 heterocycles. The fourth-order valence-corrected chi connectivity index (χ4v) is 3.12. The van der Waals surface area contributed by atoms with E-state index in [-0.39, 0.29) is 30.4 Å². The minimum atomic E-state index is 0.108. The molecule has 98 valence electrons. The van der Waals surface area contributed by atoms with Crippen molar-refractivity contribution in [3.63, 3.8) is 0 Å². The zero-order chi connectivity index (χ0) is 12.4. The van der Waals surface area contributed by atoms with Crippen molar-refractivity contribution in [1.82, 2.24) is 4.90 Å². The molecule has 17 heavy (non-hydrogen) atoms. The second-order valence-corrected chi connectivity index (χ2v) is 5.78. The molecule has 0 aromatic carbocycles. The van der Waals surface area contributed by atoms with Crippen molar-refractivity contribution in [2.45, 2.75) is 38.6 Å². The van der Waals surface area contributed by atoms with Crippen LogP contribution in [0.25, 0.3) is 0 Å². The quantitative estimate of drug-likeness (QED) is 0.742. The predicted molar refractivity (Wildman–Crippen MR) is 66.3 cm³/mol. The molecule has 3 N–H and O–H groups in total. The van der Waals surface area contributed by atoms with Gasteiger partial charge in [0, 0.05) is 37.6 Å². The minimum absolute atomic E-state index is 0.108. The first-order valence-corrected chi connectivity index (χ1v) is 6.77. The number of aliphatic hydroxyl groups excluding tert-OH is 1. The highest BCUT2D eigenvalue weighted by Crippen LogP contribution is 2.31. The van der Waals surface area contributed by atoms with Crippen molar-refractivity contribution >= 4 is 5.91 Å². The molecule has 1 saturated carbocycles. The van der Waals surface area contributed by atoms with Crippen LogP contribution in [0.5, 0.6) is 0 Å². The average molecular weight is 240 g/mol. The van der Waals surface area contributed by atoms with Crippen LogP contribution in [0, 0.1) is 17.8 Å². The van der Waals surface area contributed by atoms with Gasteiger partial charge in [0.05, 0.1) is 0 Å². The van der Waals surface area contributed by atoms with Gasteiger partial charge in [0.2, 0.25) is 5.91 Å². The van der Waals surface area contributed by atoms with Crippen LogP contribution in [-0.4, -0.2) is 41.7 Å². The highest BCUT2D eigenvalue weighted by Gasteiger charge is 2.36. The van der Waals surface area contributed by atoms with Gasteiger partial charge in [0.1, 0.15) is 0 Å². The molecular formula is C13H24N2O2. The van der Waals surface area contributed by atoms with E-state index in [9.17, 15) is 4.79 Å². The third-order valence-corrected chi connectivity index (χ3v) is 4.41. The van der Waals surface area contributed by atoms with E-state index in [0.717, 1.165) is 38.8 Å². The number of carbonyl (C=O) groups excluding carboxylic acids is 1. The van der Waals surface area contributed by atoms with Crippen LogP contribution in [0.1, 0.15) is 32.6 Å². The molecule has 1 aliphatic carbocycles. The Labute approximate surface area is 103 Å². The molecule has 4 unspecified atom stereocenters. The summed E-state index contributed by atoms with van der Waals surface area (Å²) in [5.74, 6) is 1.11. The SMILES string of the molecule is CC1CCC(N)CC1C(=O)N1CCC(CO)C1. The number of carbonyl (C=O) groups is 1. The molecule has 0 aromatic rings. The van der Waals surface area contributed by atoms with E-state index in [4.69, 9.17) is 10.8 Å². The fraction of sp³-hybridized carbons (Fsp3) is 0.923. The lowest BCUT2D eigenvalue weighted by Gasteiger charge is -2.34. The van der Waals surface area contributed by atoms with Crippen LogP contribution in [0.4, 0.5) is 0 Å². The van der Waals surface area contributed by atoms with Crippen molar-refractivity contribution in [1.29, 1.82) is 0 Å². The highest BCUT2D eigenvalue weighted by molar-refractivity contribution is 5.79. The summed E-state index contributed by atoms with van der Waals surface area (Å²) in [6.45, 7) is 3.90. The molecule has 0 bridgehead atoms. The van der Waals surface area contributed by atoms with Crippen molar-refractivity contribution in [2.24, 2.45) is 23.5 Å². The molecule has 2 aliphatic rings. The van der Waals surface area contributed by atoms with E-state index in [1.165, 1.54) is 0 Å². The predicted octanol–water partition coefficient (Wildman–Crippen LogP) is 0.591. The Hall–Kier alpha value is -0.610. The average Bonchev–Trinajstić information content (AvgIpc) is 2.80. The van der Waals surface area contributed by atoms with E-state index < -0.39 is 0 Å². The summed E-state index contributed by atoms with van der Waals surface area (Å²) in [5, 5.41) is 9.11. The number of likely N-dealkylation sites (tertiary alicyclic amines) is 1. The summed E-state index contributed by atoms with van der Waals surface area (Å²) in [5.41, 5.74) is 5.97. The lowest BCUT2D eigenvalue weighted by Crippen LogP contribution is -2.43. The van der Waals surface area contributed by atoms with Crippen molar-refractivity contribution in [3.8, 4) is 0 Å². The van der Waals surface area contributed by atoms with Crippen molar-refractivity contribution < 1.29 is 9.90 Å². The largest absolute Gasteiger partial charge is 0.396 e. The number of hydrogen-bond acceptors (Lipinski definition) is 3. The Morgan fingerprint density at radius 3 is 2.82 bits per heavy atom. The van der Waals surface area contributed by atoms with Gasteiger partial charge in [-0.25, -0.2) is 0 Å². The maximum Gasteiger partial charge on any atom is 0.226 e. The third-order valence-electron chi connectivity index (χ3n) is 4.41. The number of amides is 1. The molecule has 4 atom stereocenters. The van der Waals surface area contributed by atoms with Crippen LogP contribution in [0.3, 0.4) is 0 Å². The summed E-state index contributed by atoms with van der Waals surface area (Å²) in [7, 11) is 0. The van der Waals surface area contributed by atoms with Gasteiger partial charge in [-0.2, -0.15) is 0 Å². The summed E-state index contributed by atoms with van der Waals surface area (Å²) >= 11 is 0. The van der Waals surface area contributed by atoms with Gasteiger partial charge in [0.15, 0.2) is 0 Å². The van der Waals surface area contributed by atoms with Gasteiger partial charge in [-0.3, -0.25) is 4.79 Å². The molecule has 2 rings (SSSR count). The first-order valence-electron chi connectivity index (χ1n) is 6.77. The number of nitrogens with zero attached hydrogens (tertiary/aromatic N) is 1. The number of rotatable bonds is 2. The molecule has 0 aromatic heterocycles. The number of nitrogens with two attached hydrogens (primary N) is 1. The molecule has 4 nitrogen and oxygen atoms in total. The van der Waals surface area contributed by atoms with Crippen LogP contribution in [-0.2, 0) is 4.79 Å². The lowest BCUT2D eigenvalue weighted by atomic mass is 9.77. The number of aliphatic hydroxyl groups is 1. The van der Waals surface area contributed by atoms with Crippen LogP contribution >= 0.6 is 0 Å². The van der Waals surface area contributed by atoms with Gasteiger partial charge in [-0.05, 0) is 31.6 Å². The van der Waals surface area contributed by atoms with Gasteiger partial charge in [0.25, 0.3) is 0 Å². The molecule has 0 spiro atoms. The summed E-state index contributed by atoms with van der Waals surface area (Å²) in [6.07, 6.45) is 3.88. The molecule has 2 fully saturated rings. The second-order valence-electron chi connectivity index (χ2n) is 5.78. The van der Waals surface area contributed by atoms with Gasteiger partial charge in [-0.1, -0.05) is 6.92 Å². The van der Waals surface area contributed by atoms with Crippen molar-refractivity contribution in [3.05, 3.63) is 0 Å². The summed E-state index contributed by atoms with van der Waals surface area (Å²) in [6, 6.07) is 0.191. The van der Waals surface area contributed by atoms with E-state index in [0.29, 0.717) is 5.92 Å². The molecule has 1 amide bonds. The molecule has 4 heteroatoms. The van der Waals surface area contributed by atoms with Crippen LogP contribution in [0.2, 0.25) is 0 Å². The minimum Gasteiger partial charge on any atom is -0.396 e. The Bertz CT molecular complexity index is 283. The maximum absolute atomic E-state index is 12.4. The Kier molecular flexibility index (Phi) is 4.05. The fourth-order valence-electron chi connectivity index (χ4n) is 3.12. The van der Waals surface area contributed by atoms with Crippen molar-refractivity contribution in [2.75, 3.05) is 19.7 Å². The van der Waals surface area contributed by atoms with Crippen LogP contribution in [0.15, 0.2) is 0 Å². The zero-order valence-corrected chi connectivity index (χ0v) is 10.6. The smallest absolute Gasteiger partial charge is 0.226 e. The zero-order valence-electron chi connectivity index (χ0n) is 10.6. The first kappa shape index (κ1) is 12.8. The lowest BCUT2D eigenvalue weighted by molar-refractivity contribution is -0.137. The Balaban J connectivity index is 1.94. The van der Waals surface area contributed by atoms with Gasteiger partial charge < -0.3 is 15.7 Å². The number of hydrogen-bond donors (Lipinski definition) is 2. The molecule has 0 radical (unpaired) electrons. The van der Waals surface area contributed by atoms with E-state index in [1.54, 1.807) is 0 Å². The van der Waals surface area contributed by atoms with E-state index >= 15 is 0 Å². The monoisotopic (exact) mass is 240 g/mol. The topological polar surface area (TPSA) is 66.6 Å². The molecule has 1 saturated heterocycles. The first-order chi connectivity index (χ1) is 8.11. The maximum atomic E-state index is 12.4. The third kappa shape index (κ3) is 2.80. The van der Waals surface area contributed by atoms with E-state index in [2.05, 4.69) is 6.92 Å². The van der Waals surface area contributed by atoms with E-state index in [1.807, 2.05) is 4.90 Å².